The van der Waals surface area contributed by atoms with Crippen LogP contribution in [0.3, 0.4) is 0 Å². The normalized spacial score (nSPS) is 23.6. The van der Waals surface area contributed by atoms with Gasteiger partial charge in [-0.1, -0.05) is 0 Å². The van der Waals surface area contributed by atoms with Gasteiger partial charge in [-0.05, 0) is 32.2 Å². The number of hydrogen-bond acceptors (Lipinski definition) is 5. The fourth-order valence-electron chi connectivity index (χ4n) is 3.44. The van der Waals surface area contributed by atoms with Crippen LogP contribution in [0.15, 0.2) is 12.4 Å². The minimum Gasteiger partial charge on any atom is -0.381 e. The number of ether oxygens (including phenoxy) is 1. The summed E-state index contributed by atoms with van der Waals surface area (Å²) in [7, 11) is 0. The molecule has 0 radical (unpaired) electrons. The highest BCUT2D eigenvalue weighted by atomic mass is 16.5. The molecule has 0 spiro atoms. The van der Waals surface area contributed by atoms with E-state index in [-0.39, 0.29) is 5.91 Å². The summed E-state index contributed by atoms with van der Waals surface area (Å²) in [5.74, 6) is -0.0445. The molecule has 2 aliphatic rings. The van der Waals surface area contributed by atoms with E-state index in [0.29, 0.717) is 18.6 Å². The number of rotatable bonds is 4. The minimum atomic E-state index is -0.0445. The second-order valence-electron chi connectivity index (χ2n) is 6.08. The summed E-state index contributed by atoms with van der Waals surface area (Å²) in [6, 6.07) is 0.954. The van der Waals surface area contributed by atoms with E-state index in [1.807, 2.05) is 6.20 Å². The summed E-state index contributed by atoms with van der Waals surface area (Å²) in [5, 5.41) is 2.78. The molecule has 2 saturated heterocycles. The zero-order chi connectivity index (χ0) is 15.4. The Morgan fingerprint density at radius 1 is 1.36 bits per heavy atom. The molecule has 0 aromatic carbocycles. The number of hydrogen-bond donors (Lipinski definition) is 1. The molecule has 0 bridgehead atoms. The highest BCUT2D eigenvalue weighted by Crippen LogP contribution is 2.34. The van der Waals surface area contributed by atoms with Crippen molar-refractivity contribution < 1.29 is 9.53 Å². The molecular weight excluding hydrogens is 280 g/mol. The third-order valence-electron chi connectivity index (χ3n) is 4.52. The smallest absolute Gasteiger partial charge is 0.217 e. The van der Waals surface area contributed by atoms with Crippen molar-refractivity contribution in [3.05, 3.63) is 23.8 Å². The van der Waals surface area contributed by atoms with Crippen LogP contribution in [0.2, 0.25) is 0 Å². The van der Waals surface area contributed by atoms with Gasteiger partial charge in [0.25, 0.3) is 0 Å². The van der Waals surface area contributed by atoms with Crippen LogP contribution < -0.4 is 5.32 Å². The van der Waals surface area contributed by atoms with Gasteiger partial charge < -0.3 is 10.1 Å². The van der Waals surface area contributed by atoms with Crippen LogP contribution in [0.25, 0.3) is 0 Å². The molecule has 1 aromatic heterocycles. The number of carbonyl (C=O) groups excluding carboxylic acids is 1. The first kappa shape index (κ1) is 15.4. The largest absolute Gasteiger partial charge is 0.381 e. The third kappa shape index (κ3) is 3.62. The van der Waals surface area contributed by atoms with Crippen LogP contribution in [-0.2, 0) is 16.1 Å². The Balaban J connectivity index is 1.71. The lowest BCUT2D eigenvalue weighted by Crippen LogP contribution is -2.39. The molecule has 0 unspecified atom stereocenters. The second kappa shape index (κ2) is 7.15. The fraction of sp³-hybridized carbons (Fsp3) is 0.688. The Bertz CT molecular complexity index is 517. The average molecular weight is 304 g/mol. The van der Waals surface area contributed by atoms with Crippen LogP contribution in [0.4, 0.5) is 0 Å². The van der Waals surface area contributed by atoms with Crippen molar-refractivity contribution in [2.45, 2.75) is 51.2 Å². The minimum absolute atomic E-state index is 0.0445. The van der Waals surface area contributed by atoms with E-state index >= 15 is 0 Å². The van der Waals surface area contributed by atoms with E-state index in [0.717, 1.165) is 50.4 Å². The van der Waals surface area contributed by atoms with Gasteiger partial charge in [-0.3, -0.25) is 19.7 Å². The van der Waals surface area contributed by atoms with Gasteiger partial charge in [0.1, 0.15) is 0 Å². The number of amides is 1. The first-order valence-corrected chi connectivity index (χ1v) is 8.13. The van der Waals surface area contributed by atoms with Crippen molar-refractivity contribution in [2.75, 3.05) is 19.8 Å². The molecule has 1 amide bonds. The Kier molecular flexibility index (Phi) is 5.00. The number of carbonyl (C=O) groups is 1. The lowest BCUT2D eigenvalue weighted by atomic mass is 10.0. The molecule has 22 heavy (non-hydrogen) atoms. The van der Waals surface area contributed by atoms with Crippen molar-refractivity contribution in [1.82, 2.24) is 20.2 Å². The summed E-state index contributed by atoms with van der Waals surface area (Å²) < 4.78 is 5.48. The summed E-state index contributed by atoms with van der Waals surface area (Å²) in [6.45, 7) is 4.82. The predicted octanol–water partition coefficient (Wildman–Crippen LogP) is 1.43. The SMILES string of the molecule is CC(=O)NCc1cncc([C@@H]2CCCN2C2CCOCC2)n1. The Morgan fingerprint density at radius 2 is 2.18 bits per heavy atom. The maximum atomic E-state index is 11.0. The second-order valence-corrected chi connectivity index (χ2v) is 6.08. The molecule has 2 aliphatic heterocycles. The average Bonchev–Trinajstić information content (AvgIpc) is 3.04. The number of likely N-dealkylation sites (tertiary alicyclic amines) is 1. The standard InChI is InChI=1S/C16H24N4O2/c1-12(21)18-10-13-9-17-11-15(19-13)16-3-2-6-20(16)14-4-7-22-8-5-14/h9,11,14,16H,2-8,10H2,1H3,(H,18,21)/t16-/m0/s1. The van der Waals surface area contributed by atoms with E-state index in [4.69, 9.17) is 9.72 Å². The van der Waals surface area contributed by atoms with Crippen LogP contribution in [0.1, 0.15) is 50.0 Å². The van der Waals surface area contributed by atoms with Gasteiger partial charge in [0.2, 0.25) is 5.91 Å². The predicted molar refractivity (Wildman–Crippen MR) is 82.1 cm³/mol. The molecule has 1 aromatic rings. The zero-order valence-corrected chi connectivity index (χ0v) is 13.1. The van der Waals surface area contributed by atoms with Gasteiger partial charge in [-0.25, -0.2) is 0 Å². The van der Waals surface area contributed by atoms with E-state index in [2.05, 4.69) is 15.2 Å². The van der Waals surface area contributed by atoms with Gasteiger partial charge in [-0.2, -0.15) is 0 Å². The molecule has 0 saturated carbocycles. The first-order chi connectivity index (χ1) is 10.7. The Morgan fingerprint density at radius 3 is 2.95 bits per heavy atom. The van der Waals surface area contributed by atoms with E-state index in [9.17, 15) is 4.79 Å². The monoisotopic (exact) mass is 304 g/mol. The molecule has 6 heteroatoms. The van der Waals surface area contributed by atoms with Crippen molar-refractivity contribution in [2.24, 2.45) is 0 Å². The lowest BCUT2D eigenvalue weighted by molar-refractivity contribution is -0.119. The molecular formula is C16H24N4O2. The first-order valence-electron chi connectivity index (χ1n) is 8.13. The van der Waals surface area contributed by atoms with Gasteiger partial charge in [0.15, 0.2) is 0 Å². The summed E-state index contributed by atoms with van der Waals surface area (Å²) in [4.78, 5) is 22.7. The van der Waals surface area contributed by atoms with Crippen molar-refractivity contribution in [3.63, 3.8) is 0 Å². The lowest BCUT2D eigenvalue weighted by Gasteiger charge is -2.35. The molecule has 3 rings (SSSR count). The summed E-state index contributed by atoms with van der Waals surface area (Å²) in [6.07, 6.45) is 8.16. The third-order valence-corrected chi connectivity index (χ3v) is 4.52. The molecule has 120 valence electrons. The van der Waals surface area contributed by atoms with Crippen molar-refractivity contribution >= 4 is 5.91 Å². The van der Waals surface area contributed by atoms with Gasteiger partial charge in [-0.15, -0.1) is 0 Å². The highest BCUT2D eigenvalue weighted by molar-refractivity contribution is 5.72. The number of aromatic nitrogens is 2. The molecule has 1 atom stereocenters. The van der Waals surface area contributed by atoms with Crippen molar-refractivity contribution in [3.8, 4) is 0 Å². The zero-order valence-electron chi connectivity index (χ0n) is 13.1. The fourth-order valence-corrected chi connectivity index (χ4v) is 3.44. The van der Waals surface area contributed by atoms with E-state index < -0.39 is 0 Å². The van der Waals surface area contributed by atoms with Crippen LogP contribution in [-0.4, -0.2) is 46.6 Å². The molecule has 6 nitrogen and oxygen atoms in total. The molecule has 2 fully saturated rings. The summed E-state index contributed by atoms with van der Waals surface area (Å²) in [5.41, 5.74) is 1.86. The molecule has 1 N–H and O–H groups in total. The van der Waals surface area contributed by atoms with E-state index in [1.165, 1.54) is 13.3 Å². The maximum Gasteiger partial charge on any atom is 0.217 e. The van der Waals surface area contributed by atoms with Crippen LogP contribution in [0, 0.1) is 0 Å². The number of nitrogens with one attached hydrogen (secondary N) is 1. The van der Waals surface area contributed by atoms with Crippen LogP contribution >= 0.6 is 0 Å². The van der Waals surface area contributed by atoms with Gasteiger partial charge >= 0.3 is 0 Å². The van der Waals surface area contributed by atoms with Crippen LogP contribution in [0.5, 0.6) is 0 Å². The molecule has 3 heterocycles. The Labute approximate surface area is 131 Å². The summed E-state index contributed by atoms with van der Waals surface area (Å²) >= 11 is 0. The topological polar surface area (TPSA) is 67.4 Å². The quantitative estimate of drug-likeness (QED) is 0.911. The highest BCUT2D eigenvalue weighted by Gasteiger charge is 2.33. The van der Waals surface area contributed by atoms with Gasteiger partial charge in [0.05, 0.1) is 36.4 Å². The Hall–Kier alpha value is -1.53. The molecule has 0 aliphatic carbocycles. The van der Waals surface area contributed by atoms with Gasteiger partial charge in [0, 0.05) is 26.2 Å². The number of nitrogens with zero attached hydrogens (tertiary/aromatic N) is 3. The van der Waals surface area contributed by atoms with Crippen molar-refractivity contribution in [1.29, 1.82) is 0 Å². The van der Waals surface area contributed by atoms with E-state index in [1.54, 1.807) is 6.20 Å². The maximum absolute atomic E-state index is 11.0.